The SMILES string of the molecule is CONC1CCCc2c1[nH]c1ccccc21. The van der Waals surface area contributed by atoms with E-state index in [0.29, 0.717) is 6.04 Å². The van der Waals surface area contributed by atoms with Gasteiger partial charge in [-0.2, -0.15) is 5.48 Å². The van der Waals surface area contributed by atoms with Crippen LogP contribution in [0.15, 0.2) is 24.3 Å². The molecule has 0 aliphatic heterocycles. The van der Waals surface area contributed by atoms with Gasteiger partial charge >= 0.3 is 0 Å². The van der Waals surface area contributed by atoms with Gasteiger partial charge in [-0.3, -0.25) is 0 Å². The number of benzene rings is 1. The second-order valence-electron chi connectivity index (χ2n) is 4.33. The van der Waals surface area contributed by atoms with Crippen LogP contribution in [0.2, 0.25) is 0 Å². The van der Waals surface area contributed by atoms with Gasteiger partial charge in [-0.05, 0) is 30.9 Å². The zero-order chi connectivity index (χ0) is 11.0. The fourth-order valence-electron chi connectivity index (χ4n) is 2.68. The second-order valence-corrected chi connectivity index (χ2v) is 4.33. The van der Waals surface area contributed by atoms with E-state index in [1.54, 1.807) is 7.11 Å². The highest BCUT2D eigenvalue weighted by atomic mass is 16.6. The normalized spacial score (nSPS) is 19.9. The molecule has 1 aromatic heterocycles. The molecule has 1 heterocycles. The van der Waals surface area contributed by atoms with Crippen molar-refractivity contribution < 1.29 is 4.84 Å². The molecule has 0 fully saturated rings. The van der Waals surface area contributed by atoms with E-state index in [1.165, 1.54) is 35.0 Å². The summed E-state index contributed by atoms with van der Waals surface area (Å²) in [6, 6.07) is 8.81. The average Bonchev–Trinajstić information content (AvgIpc) is 2.69. The highest BCUT2D eigenvalue weighted by molar-refractivity contribution is 5.85. The smallest absolute Gasteiger partial charge is 0.0724 e. The number of rotatable bonds is 2. The van der Waals surface area contributed by atoms with Gasteiger partial charge in [0.25, 0.3) is 0 Å². The first-order chi connectivity index (χ1) is 7.90. The summed E-state index contributed by atoms with van der Waals surface area (Å²) in [5, 5.41) is 1.36. The molecule has 0 amide bonds. The molecule has 16 heavy (non-hydrogen) atoms. The molecule has 0 saturated heterocycles. The van der Waals surface area contributed by atoms with E-state index in [-0.39, 0.29) is 0 Å². The monoisotopic (exact) mass is 216 g/mol. The van der Waals surface area contributed by atoms with Crippen LogP contribution in [0.4, 0.5) is 0 Å². The molecule has 84 valence electrons. The first-order valence-electron chi connectivity index (χ1n) is 5.78. The highest BCUT2D eigenvalue weighted by Gasteiger charge is 2.23. The van der Waals surface area contributed by atoms with Crippen LogP contribution in [-0.4, -0.2) is 12.1 Å². The lowest BCUT2D eigenvalue weighted by molar-refractivity contribution is 0.0540. The zero-order valence-electron chi connectivity index (χ0n) is 9.42. The Labute approximate surface area is 94.8 Å². The first kappa shape index (κ1) is 9.87. The summed E-state index contributed by atoms with van der Waals surface area (Å²) in [5.41, 5.74) is 7.06. The third-order valence-corrected chi connectivity index (χ3v) is 3.37. The summed E-state index contributed by atoms with van der Waals surface area (Å²) in [6.45, 7) is 0. The number of hydrogen-bond donors (Lipinski definition) is 2. The maximum atomic E-state index is 5.06. The van der Waals surface area contributed by atoms with Gasteiger partial charge in [0.2, 0.25) is 0 Å². The van der Waals surface area contributed by atoms with Crippen LogP contribution < -0.4 is 5.48 Å². The van der Waals surface area contributed by atoms with E-state index >= 15 is 0 Å². The van der Waals surface area contributed by atoms with Gasteiger partial charge in [-0.1, -0.05) is 18.2 Å². The Kier molecular flexibility index (Phi) is 2.42. The standard InChI is InChI=1S/C13H16N2O/c1-16-15-12-8-4-6-10-9-5-2-3-7-11(9)14-13(10)12/h2-3,5,7,12,14-15H,4,6,8H2,1H3. The second kappa shape index (κ2) is 3.92. The van der Waals surface area contributed by atoms with Crippen molar-refractivity contribution in [1.82, 2.24) is 10.5 Å². The van der Waals surface area contributed by atoms with Gasteiger partial charge in [0, 0.05) is 16.6 Å². The minimum absolute atomic E-state index is 0.307. The predicted molar refractivity (Wildman–Crippen MR) is 64.1 cm³/mol. The van der Waals surface area contributed by atoms with Crippen LogP contribution in [0.1, 0.15) is 30.1 Å². The fourth-order valence-corrected chi connectivity index (χ4v) is 2.68. The Bertz CT molecular complexity index is 504. The van der Waals surface area contributed by atoms with Crippen molar-refractivity contribution in [3.63, 3.8) is 0 Å². The third-order valence-electron chi connectivity index (χ3n) is 3.37. The Morgan fingerprint density at radius 2 is 2.25 bits per heavy atom. The number of para-hydroxylation sites is 1. The number of aromatic amines is 1. The van der Waals surface area contributed by atoms with Gasteiger partial charge in [-0.25, -0.2) is 0 Å². The fraction of sp³-hybridized carbons (Fsp3) is 0.385. The van der Waals surface area contributed by atoms with E-state index in [4.69, 9.17) is 4.84 Å². The van der Waals surface area contributed by atoms with E-state index < -0.39 is 0 Å². The van der Waals surface area contributed by atoms with Crippen molar-refractivity contribution in [1.29, 1.82) is 0 Å². The molecular weight excluding hydrogens is 200 g/mol. The third kappa shape index (κ3) is 1.44. The largest absolute Gasteiger partial charge is 0.357 e. The number of hydrogen-bond acceptors (Lipinski definition) is 2. The molecule has 0 spiro atoms. The molecule has 2 N–H and O–H groups in total. The summed E-state index contributed by atoms with van der Waals surface area (Å²) >= 11 is 0. The summed E-state index contributed by atoms with van der Waals surface area (Å²) in [6.07, 6.45) is 3.52. The molecule has 1 aliphatic rings. The van der Waals surface area contributed by atoms with E-state index in [1.807, 2.05) is 0 Å². The minimum atomic E-state index is 0.307. The van der Waals surface area contributed by atoms with Crippen molar-refractivity contribution in [3.8, 4) is 0 Å². The number of H-pyrrole nitrogens is 1. The van der Waals surface area contributed by atoms with Crippen molar-refractivity contribution in [2.45, 2.75) is 25.3 Å². The van der Waals surface area contributed by atoms with Gasteiger partial charge in [0.05, 0.1) is 13.2 Å². The lowest BCUT2D eigenvalue weighted by Gasteiger charge is -2.22. The van der Waals surface area contributed by atoms with Gasteiger partial charge in [-0.15, -0.1) is 0 Å². The Hall–Kier alpha value is -1.32. The van der Waals surface area contributed by atoms with Crippen LogP contribution >= 0.6 is 0 Å². The van der Waals surface area contributed by atoms with Crippen molar-refractivity contribution in [2.75, 3.05) is 7.11 Å². The first-order valence-corrected chi connectivity index (χ1v) is 5.78. The van der Waals surface area contributed by atoms with Crippen LogP contribution in [0.25, 0.3) is 10.9 Å². The van der Waals surface area contributed by atoms with Gasteiger partial charge < -0.3 is 9.82 Å². The lowest BCUT2D eigenvalue weighted by Crippen LogP contribution is -2.24. The van der Waals surface area contributed by atoms with Crippen LogP contribution in [-0.2, 0) is 11.3 Å². The van der Waals surface area contributed by atoms with Crippen molar-refractivity contribution >= 4 is 10.9 Å². The molecule has 2 aromatic rings. The van der Waals surface area contributed by atoms with Gasteiger partial charge in [0.1, 0.15) is 0 Å². The summed E-state index contributed by atoms with van der Waals surface area (Å²) < 4.78 is 0. The maximum absolute atomic E-state index is 5.06. The molecule has 0 saturated carbocycles. The molecule has 1 aliphatic carbocycles. The molecule has 1 atom stereocenters. The molecule has 3 rings (SSSR count). The quantitative estimate of drug-likeness (QED) is 0.757. The number of nitrogens with one attached hydrogen (secondary N) is 2. The summed E-state index contributed by atoms with van der Waals surface area (Å²) in [4.78, 5) is 8.57. The maximum Gasteiger partial charge on any atom is 0.0724 e. The Morgan fingerprint density at radius 1 is 1.38 bits per heavy atom. The molecule has 0 radical (unpaired) electrons. The van der Waals surface area contributed by atoms with Crippen molar-refractivity contribution in [2.24, 2.45) is 0 Å². The molecule has 3 nitrogen and oxygen atoms in total. The summed E-state index contributed by atoms with van der Waals surface area (Å²) in [7, 11) is 1.68. The van der Waals surface area contributed by atoms with Crippen molar-refractivity contribution in [3.05, 3.63) is 35.5 Å². The highest BCUT2D eigenvalue weighted by Crippen LogP contribution is 2.34. The zero-order valence-corrected chi connectivity index (χ0v) is 9.42. The van der Waals surface area contributed by atoms with Crippen LogP contribution in [0.5, 0.6) is 0 Å². The topological polar surface area (TPSA) is 37.0 Å². The van der Waals surface area contributed by atoms with Crippen LogP contribution in [0.3, 0.4) is 0 Å². The number of fused-ring (bicyclic) bond motifs is 3. The van der Waals surface area contributed by atoms with Gasteiger partial charge in [0.15, 0.2) is 0 Å². The van der Waals surface area contributed by atoms with Crippen LogP contribution in [0, 0.1) is 0 Å². The predicted octanol–water partition coefficient (Wildman–Crippen LogP) is 2.70. The minimum Gasteiger partial charge on any atom is -0.357 e. The summed E-state index contributed by atoms with van der Waals surface area (Å²) in [5.74, 6) is 0. The van der Waals surface area contributed by atoms with E-state index in [2.05, 4.69) is 34.7 Å². The Morgan fingerprint density at radius 3 is 3.12 bits per heavy atom. The van der Waals surface area contributed by atoms with E-state index in [0.717, 1.165) is 6.42 Å². The molecule has 1 unspecified atom stereocenters. The molecule has 1 aromatic carbocycles. The molecule has 0 bridgehead atoms. The molecule has 3 heteroatoms. The van der Waals surface area contributed by atoms with E-state index in [9.17, 15) is 0 Å². The number of aromatic nitrogens is 1. The Balaban J connectivity index is 2.13. The lowest BCUT2D eigenvalue weighted by atomic mass is 9.92. The molecular formula is C13H16N2O. The number of aryl methyl sites for hydroxylation is 1. The number of hydroxylamine groups is 1. The average molecular weight is 216 g/mol.